The molecule has 6 nitrogen and oxygen atoms in total. The van der Waals surface area contributed by atoms with Crippen LogP contribution in [0, 0.1) is 0 Å². The zero-order valence-electron chi connectivity index (χ0n) is 25.9. The number of hydrogen-bond donors (Lipinski definition) is 5. The van der Waals surface area contributed by atoms with Gasteiger partial charge in [-0.3, -0.25) is 4.79 Å². The van der Waals surface area contributed by atoms with Crippen LogP contribution in [-0.4, -0.2) is 57.3 Å². The number of amides is 1. The minimum Gasteiger partial charge on any atom is -0.394 e. The summed E-state index contributed by atoms with van der Waals surface area (Å²) >= 11 is 0. The summed E-state index contributed by atoms with van der Waals surface area (Å²) in [5.41, 5.74) is 0. The average molecular weight is 558 g/mol. The molecule has 0 aliphatic rings. The number of carbonyl (C=O) groups excluding carboxylic acids is 1. The summed E-state index contributed by atoms with van der Waals surface area (Å²) < 4.78 is 0. The summed E-state index contributed by atoms with van der Waals surface area (Å²) in [6.07, 6.45) is 25.5. The van der Waals surface area contributed by atoms with Crippen molar-refractivity contribution in [3.63, 3.8) is 0 Å². The molecule has 5 N–H and O–H groups in total. The van der Waals surface area contributed by atoms with Crippen molar-refractivity contribution < 1.29 is 25.2 Å². The van der Waals surface area contributed by atoms with Gasteiger partial charge in [0.05, 0.1) is 18.8 Å². The lowest BCUT2D eigenvalue weighted by Gasteiger charge is -2.27. The monoisotopic (exact) mass is 558 g/mol. The van der Waals surface area contributed by atoms with Crippen molar-refractivity contribution in [2.45, 2.75) is 199 Å². The van der Waals surface area contributed by atoms with Gasteiger partial charge in [0.15, 0.2) is 0 Å². The third-order valence-corrected chi connectivity index (χ3v) is 8.07. The maximum absolute atomic E-state index is 12.4. The number of carbonyl (C=O) groups is 1. The van der Waals surface area contributed by atoms with Crippen molar-refractivity contribution >= 4 is 5.91 Å². The van der Waals surface area contributed by atoms with Gasteiger partial charge in [0.25, 0.3) is 0 Å². The Morgan fingerprint density at radius 1 is 0.538 bits per heavy atom. The van der Waals surface area contributed by atoms with Gasteiger partial charge >= 0.3 is 0 Å². The first kappa shape index (κ1) is 38.3. The Morgan fingerprint density at radius 2 is 0.872 bits per heavy atom. The first-order chi connectivity index (χ1) is 19.0. The molecule has 0 rings (SSSR count). The van der Waals surface area contributed by atoms with Crippen LogP contribution in [0.3, 0.4) is 0 Å². The van der Waals surface area contributed by atoms with E-state index in [4.69, 9.17) is 0 Å². The van der Waals surface area contributed by atoms with E-state index in [2.05, 4.69) is 19.2 Å². The van der Waals surface area contributed by atoms with Crippen molar-refractivity contribution in [1.82, 2.24) is 5.32 Å². The van der Waals surface area contributed by atoms with Gasteiger partial charge in [-0.25, -0.2) is 0 Å². The van der Waals surface area contributed by atoms with Crippen LogP contribution in [0.1, 0.15) is 174 Å². The van der Waals surface area contributed by atoms with Gasteiger partial charge in [-0.1, -0.05) is 162 Å². The van der Waals surface area contributed by atoms with E-state index in [9.17, 15) is 25.2 Å². The maximum Gasteiger partial charge on any atom is 0.249 e. The van der Waals surface area contributed by atoms with E-state index in [1.54, 1.807) is 0 Å². The highest BCUT2D eigenvalue weighted by atomic mass is 16.3. The molecule has 234 valence electrons. The van der Waals surface area contributed by atoms with Gasteiger partial charge in [0.1, 0.15) is 12.2 Å². The third-order valence-electron chi connectivity index (χ3n) is 8.07. The number of aliphatic hydroxyl groups is 4. The van der Waals surface area contributed by atoms with E-state index in [-0.39, 0.29) is 0 Å². The molecule has 0 saturated heterocycles. The molecule has 0 radical (unpaired) electrons. The van der Waals surface area contributed by atoms with Crippen molar-refractivity contribution in [2.24, 2.45) is 0 Å². The molecule has 0 heterocycles. The zero-order valence-corrected chi connectivity index (χ0v) is 25.9. The molecule has 0 spiro atoms. The second-order valence-corrected chi connectivity index (χ2v) is 11.9. The molecular weight excluding hydrogens is 490 g/mol. The minimum atomic E-state index is -1.25. The highest BCUT2D eigenvalue weighted by Crippen LogP contribution is 2.16. The lowest BCUT2D eigenvalue weighted by atomic mass is 9.99. The van der Waals surface area contributed by atoms with Crippen molar-refractivity contribution in [2.75, 3.05) is 6.61 Å². The first-order valence-electron chi connectivity index (χ1n) is 16.9. The lowest BCUT2D eigenvalue weighted by Crippen LogP contribution is -2.53. The normalized spacial score (nSPS) is 14.7. The molecule has 1 amide bonds. The number of aliphatic hydroxyl groups excluding tert-OH is 4. The third kappa shape index (κ3) is 23.7. The number of hydrogen-bond acceptors (Lipinski definition) is 5. The Bertz CT molecular complexity index is 518. The van der Waals surface area contributed by atoms with Crippen LogP contribution in [0.2, 0.25) is 0 Å². The molecule has 0 aliphatic carbocycles. The van der Waals surface area contributed by atoms with Crippen LogP contribution >= 0.6 is 0 Å². The zero-order chi connectivity index (χ0) is 29.0. The van der Waals surface area contributed by atoms with Crippen molar-refractivity contribution in [1.29, 1.82) is 0 Å². The minimum absolute atomic E-state index is 0.374. The Morgan fingerprint density at radius 3 is 1.23 bits per heavy atom. The molecule has 6 heteroatoms. The molecule has 0 aromatic carbocycles. The maximum atomic E-state index is 12.4. The molecule has 0 fully saturated rings. The fourth-order valence-electron chi connectivity index (χ4n) is 5.28. The summed E-state index contributed by atoms with van der Waals surface area (Å²) in [5, 5.41) is 43.2. The molecule has 4 unspecified atom stereocenters. The predicted octanol–water partition coefficient (Wildman–Crippen LogP) is 7.34. The molecule has 0 aromatic rings. The number of nitrogens with one attached hydrogen (secondary N) is 1. The highest BCUT2D eigenvalue weighted by Gasteiger charge is 2.28. The number of unbranched alkanes of at least 4 members (excludes halogenated alkanes) is 21. The van der Waals surface area contributed by atoms with Crippen LogP contribution in [0.4, 0.5) is 0 Å². The smallest absolute Gasteiger partial charge is 0.249 e. The average Bonchev–Trinajstić information content (AvgIpc) is 2.94. The fraction of sp³-hybridized carbons (Fsp3) is 0.970. The molecular formula is C33H67NO5. The lowest BCUT2D eigenvalue weighted by molar-refractivity contribution is -0.132. The molecule has 0 bridgehead atoms. The summed E-state index contributed by atoms with van der Waals surface area (Å²) in [5.74, 6) is -0.585. The first-order valence-corrected chi connectivity index (χ1v) is 16.9. The Labute approximate surface area is 241 Å². The molecule has 0 aromatic heterocycles. The molecule has 0 saturated carbocycles. The summed E-state index contributed by atoms with van der Waals surface area (Å²) in [7, 11) is 0. The summed E-state index contributed by atoms with van der Waals surface area (Å²) in [6.45, 7) is 4.00. The van der Waals surface area contributed by atoms with E-state index in [0.29, 0.717) is 12.8 Å². The fourth-order valence-corrected chi connectivity index (χ4v) is 5.28. The van der Waals surface area contributed by atoms with E-state index < -0.39 is 36.9 Å². The second kappa shape index (κ2) is 28.8. The second-order valence-electron chi connectivity index (χ2n) is 11.9. The van der Waals surface area contributed by atoms with Crippen LogP contribution in [0.15, 0.2) is 0 Å². The van der Waals surface area contributed by atoms with Gasteiger partial charge in [0, 0.05) is 0 Å². The topological polar surface area (TPSA) is 110 Å². The predicted molar refractivity (Wildman–Crippen MR) is 164 cm³/mol. The van der Waals surface area contributed by atoms with E-state index in [1.165, 1.54) is 109 Å². The van der Waals surface area contributed by atoms with E-state index >= 15 is 0 Å². The summed E-state index contributed by atoms with van der Waals surface area (Å²) in [6, 6.07) is -0.975. The quantitative estimate of drug-likeness (QED) is 0.0594. The SMILES string of the molecule is CCCCCCCCCCCCCCC(O)C(=O)NC(CO)C(O)C(O)CCCCCCCCCCCCC. The van der Waals surface area contributed by atoms with Crippen LogP contribution in [0.25, 0.3) is 0 Å². The largest absolute Gasteiger partial charge is 0.394 e. The summed E-state index contributed by atoms with van der Waals surface area (Å²) in [4.78, 5) is 12.4. The van der Waals surface area contributed by atoms with Crippen LogP contribution in [0.5, 0.6) is 0 Å². The molecule has 4 atom stereocenters. The van der Waals surface area contributed by atoms with Gasteiger partial charge in [-0.15, -0.1) is 0 Å². The van der Waals surface area contributed by atoms with Crippen LogP contribution in [-0.2, 0) is 4.79 Å². The Hall–Kier alpha value is -0.690. The molecule has 39 heavy (non-hydrogen) atoms. The number of rotatable bonds is 30. The Balaban J connectivity index is 3.85. The standard InChI is InChI=1S/C33H67NO5/c1-3-5-7-9-11-13-15-17-19-21-23-25-27-31(37)33(39)34-29(28-35)32(38)30(36)26-24-22-20-18-16-14-12-10-8-6-4-2/h29-32,35-38H,3-28H2,1-2H3,(H,34,39). The van der Waals surface area contributed by atoms with E-state index in [1.807, 2.05) is 0 Å². The van der Waals surface area contributed by atoms with Crippen molar-refractivity contribution in [3.05, 3.63) is 0 Å². The van der Waals surface area contributed by atoms with Gasteiger partial charge < -0.3 is 25.7 Å². The van der Waals surface area contributed by atoms with Gasteiger partial charge in [-0.05, 0) is 12.8 Å². The Kier molecular flexibility index (Phi) is 28.3. The molecule has 0 aliphatic heterocycles. The van der Waals surface area contributed by atoms with E-state index in [0.717, 1.165) is 38.5 Å². The van der Waals surface area contributed by atoms with Crippen molar-refractivity contribution in [3.8, 4) is 0 Å². The van der Waals surface area contributed by atoms with Gasteiger partial charge in [-0.2, -0.15) is 0 Å². The highest BCUT2D eigenvalue weighted by molar-refractivity contribution is 5.80. The van der Waals surface area contributed by atoms with Crippen LogP contribution < -0.4 is 5.32 Å². The van der Waals surface area contributed by atoms with Gasteiger partial charge in [0.2, 0.25) is 5.91 Å².